The van der Waals surface area contributed by atoms with E-state index in [2.05, 4.69) is 45.3 Å². The fourth-order valence-corrected chi connectivity index (χ4v) is 9.90. The van der Waals surface area contributed by atoms with Crippen LogP contribution in [0.15, 0.2) is 4.52 Å². The molecule has 2 aliphatic heterocycles. The van der Waals surface area contributed by atoms with Gasteiger partial charge in [0.2, 0.25) is 0 Å². The Hall–Kier alpha value is -3.60. The van der Waals surface area contributed by atoms with Crippen molar-refractivity contribution >= 4 is 33.3 Å². The maximum atomic E-state index is 11.0. The summed E-state index contributed by atoms with van der Waals surface area (Å²) in [5, 5.41) is 35.7. The molecular formula is C32H40N10O2S. The predicted molar refractivity (Wildman–Crippen MR) is 171 cm³/mol. The van der Waals surface area contributed by atoms with Crippen LogP contribution in [-0.2, 0) is 18.3 Å². The van der Waals surface area contributed by atoms with Gasteiger partial charge in [-0.1, -0.05) is 10.4 Å². The Kier molecular flexibility index (Phi) is 6.71. The van der Waals surface area contributed by atoms with Gasteiger partial charge in [-0.25, -0.2) is 14.6 Å². The third-order valence-electron chi connectivity index (χ3n) is 10.9. The van der Waals surface area contributed by atoms with Gasteiger partial charge in [-0.05, 0) is 97.2 Å². The van der Waals surface area contributed by atoms with Crippen LogP contribution in [0.2, 0.25) is 0 Å². The molecule has 4 atom stereocenters. The number of β-amino-alcohol motifs (C(OH)–C–C–N with tert-alkyl or cyclic N) is 1. The second-order valence-corrected chi connectivity index (χ2v) is 15.0. The molecule has 4 aliphatic rings. The lowest BCUT2D eigenvalue weighted by Gasteiger charge is -2.39. The van der Waals surface area contributed by atoms with Crippen molar-refractivity contribution in [1.29, 1.82) is 5.26 Å². The highest BCUT2D eigenvalue weighted by Gasteiger charge is 2.49. The summed E-state index contributed by atoms with van der Waals surface area (Å²) >= 11 is 1.54. The number of aryl methyl sites for hydroxylation is 1. The van der Waals surface area contributed by atoms with Crippen molar-refractivity contribution in [2.45, 2.75) is 101 Å². The van der Waals surface area contributed by atoms with Crippen LogP contribution in [0.25, 0.3) is 22.7 Å². The van der Waals surface area contributed by atoms with Gasteiger partial charge in [0.15, 0.2) is 34.3 Å². The van der Waals surface area contributed by atoms with Gasteiger partial charge in [-0.2, -0.15) is 5.26 Å². The average molecular weight is 629 g/mol. The molecule has 45 heavy (non-hydrogen) atoms. The zero-order chi connectivity index (χ0) is 31.1. The molecule has 4 unspecified atom stereocenters. The smallest absolute Gasteiger partial charge is 0.186 e. The first-order valence-corrected chi connectivity index (χ1v) is 17.1. The molecule has 4 aromatic rings. The first-order chi connectivity index (χ1) is 21.7. The summed E-state index contributed by atoms with van der Waals surface area (Å²) in [6.07, 6.45) is 9.29. The summed E-state index contributed by atoms with van der Waals surface area (Å²) in [7, 11) is 2.17. The van der Waals surface area contributed by atoms with Crippen LogP contribution in [0.1, 0.15) is 98.6 Å². The average Bonchev–Trinajstić information content (AvgIpc) is 3.81. The molecule has 13 heteroatoms. The standard InChI is InChI=1S/C32H40N10O2S/c1-18(21-9-6-14-40(21)3)42-30-25(37-39-42)29(41-15-7-11-31(2,43)17-41)35-28(36-30)24-19-8-4-12-32(26(19)44-38-24)13-5-10-22-23(32)20(16-33)27(34)45-22/h18,21,43H,4-15,17,34H2,1-3H3. The van der Waals surface area contributed by atoms with E-state index in [4.69, 9.17) is 20.2 Å². The van der Waals surface area contributed by atoms with Crippen molar-refractivity contribution in [3.05, 3.63) is 27.3 Å². The molecule has 0 bridgehead atoms. The van der Waals surface area contributed by atoms with Crippen molar-refractivity contribution in [3.8, 4) is 17.6 Å². The molecule has 0 radical (unpaired) electrons. The minimum atomic E-state index is -0.829. The monoisotopic (exact) mass is 628 g/mol. The Morgan fingerprint density at radius 2 is 1.96 bits per heavy atom. The molecule has 0 saturated carbocycles. The van der Waals surface area contributed by atoms with Crippen molar-refractivity contribution in [1.82, 2.24) is 35.0 Å². The number of thiophene rings is 1. The molecule has 8 rings (SSSR count). The number of rotatable bonds is 4. The maximum Gasteiger partial charge on any atom is 0.186 e. The number of nitrogens with two attached hydrogens (primary N) is 1. The lowest BCUT2D eigenvalue weighted by atomic mass is 9.63. The molecule has 12 nitrogen and oxygen atoms in total. The van der Waals surface area contributed by atoms with Gasteiger partial charge in [0.1, 0.15) is 11.1 Å². The van der Waals surface area contributed by atoms with Crippen LogP contribution in [0.3, 0.4) is 0 Å². The van der Waals surface area contributed by atoms with Gasteiger partial charge in [0.05, 0.1) is 22.6 Å². The lowest BCUT2D eigenvalue weighted by molar-refractivity contribution is 0.0448. The van der Waals surface area contributed by atoms with E-state index in [-0.39, 0.29) is 6.04 Å². The molecule has 236 valence electrons. The van der Waals surface area contributed by atoms with E-state index in [0.29, 0.717) is 51.7 Å². The van der Waals surface area contributed by atoms with Crippen LogP contribution < -0.4 is 10.6 Å². The number of hydrogen-bond donors (Lipinski definition) is 2. The summed E-state index contributed by atoms with van der Waals surface area (Å²) in [4.78, 5) is 16.0. The number of likely N-dealkylation sites (N-methyl/N-ethyl adjacent to an activating group) is 1. The summed E-state index contributed by atoms with van der Waals surface area (Å²) in [6, 6.07) is 2.80. The van der Waals surface area contributed by atoms with Crippen molar-refractivity contribution in [3.63, 3.8) is 0 Å². The lowest BCUT2D eigenvalue weighted by Crippen LogP contribution is -2.46. The first kappa shape index (κ1) is 28.8. The zero-order valence-corrected chi connectivity index (χ0v) is 27.0. The molecule has 2 aliphatic carbocycles. The van der Waals surface area contributed by atoms with Crippen LogP contribution >= 0.6 is 11.3 Å². The fourth-order valence-electron chi connectivity index (χ4n) is 8.74. The molecule has 4 aromatic heterocycles. The number of likely N-dealkylation sites (tertiary alicyclic amines) is 1. The van der Waals surface area contributed by atoms with Gasteiger partial charge in [-0.15, -0.1) is 16.4 Å². The van der Waals surface area contributed by atoms with E-state index in [1.165, 1.54) is 4.88 Å². The number of anilines is 2. The van der Waals surface area contributed by atoms with Crippen molar-refractivity contribution in [2.24, 2.45) is 0 Å². The van der Waals surface area contributed by atoms with Gasteiger partial charge < -0.3 is 25.2 Å². The van der Waals surface area contributed by atoms with Gasteiger partial charge in [0, 0.05) is 29.6 Å². The van der Waals surface area contributed by atoms with Crippen molar-refractivity contribution in [2.75, 3.05) is 37.3 Å². The number of piperidine rings is 1. The van der Waals surface area contributed by atoms with Crippen LogP contribution in [0, 0.1) is 11.3 Å². The number of nitriles is 1. The summed E-state index contributed by atoms with van der Waals surface area (Å²) in [5.74, 6) is 1.99. The Morgan fingerprint density at radius 1 is 1.13 bits per heavy atom. The van der Waals surface area contributed by atoms with Crippen LogP contribution in [-0.4, -0.2) is 78.4 Å². The van der Waals surface area contributed by atoms with E-state index < -0.39 is 11.0 Å². The van der Waals surface area contributed by atoms with E-state index in [1.54, 1.807) is 11.3 Å². The van der Waals surface area contributed by atoms with E-state index >= 15 is 0 Å². The molecule has 2 fully saturated rings. The number of aromatic nitrogens is 6. The normalized spacial score (nSPS) is 27.5. The molecule has 0 amide bonds. The summed E-state index contributed by atoms with van der Waals surface area (Å²) < 4.78 is 8.26. The van der Waals surface area contributed by atoms with Crippen molar-refractivity contribution < 1.29 is 9.63 Å². The van der Waals surface area contributed by atoms with E-state index in [0.717, 1.165) is 94.2 Å². The van der Waals surface area contributed by atoms with E-state index in [9.17, 15) is 10.4 Å². The van der Waals surface area contributed by atoms with Gasteiger partial charge >= 0.3 is 0 Å². The highest BCUT2D eigenvalue weighted by molar-refractivity contribution is 7.16. The summed E-state index contributed by atoms with van der Waals surface area (Å²) in [5.41, 5.74) is 9.73. The Bertz CT molecular complexity index is 1830. The predicted octanol–water partition coefficient (Wildman–Crippen LogP) is 4.36. The Morgan fingerprint density at radius 3 is 2.71 bits per heavy atom. The molecule has 6 heterocycles. The number of fused-ring (bicyclic) bond motifs is 5. The summed E-state index contributed by atoms with van der Waals surface area (Å²) in [6.45, 7) is 6.34. The van der Waals surface area contributed by atoms with Gasteiger partial charge in [-0.3, -0.25) is 0 Å². The second kappa shape index (κ2) is 10.5. The number of nitrogen functional groups attached to an aromatic ring is 1. The highest BCUT2D eigenvalue weighted by atomic mass is 32.1. The second-order valence-electron chi connectivity index (χ2n) is 13.9. The number of aliphatic hydroxyl groups is 1. The Labute approximate surface area is 266 Å². The number of nitrogens with zero attached hydrogens (tertiary/aromatic N) is 9. The Balaban J connectivity index is 1.30. The third kappa shape index (κ3) is 4.40. The van der Waals surface area contributed by atoms with E-state index in [1.807, 2.05) is 11.6 Å². The van der Waals surface area contributed by atoms with Crippen LogP contribution in [0.4, 0.5) is 10.8 Å². The molecule has 1 spiro atoms. The molecule has 2 saturated heterocycles. The maximum absolute atomic E-state index is 11.0. The van der Waals surface area contributed by atoms with Crippen LogP contribution in [0.5, 0.6) is 0 Å². The molecule has 3 N–H and O–H groups in total. The third-order valence-corrected chi connectivity index (χ3v) is 11.9. The zero-order valence-electron chi connectivity index (χ0n) is 26.2. The minimum absolute atomic E-state index is 0.0613. The molecule has 0 aromatic carbocycles. The van der Waals surface area contributed by atoms with Gasteiger partial charge in [0.25, 0.3) is 0 Å². The number of hydrogen-bond acceptors (Lipinski definition) is 12. The quantitative estimate of drug-likeness (QED) is 0.331. The SMILES string of the molecule is CC(C1CCCN1C)n1nnc2c(N3CCCC(C)(O)C3)nc(-c3noc4c3CCCC43CCCc4sc(N)c(C#N)c43)nc21. The first-order valence-electron chi connectivity index (χ1n) is 16.3. The molecular weight excluding hydrogens is 588 g/mol. The highest BCUT2D eigenvalue weighted by Crippen LogP contribution is 2.55. The largest absolute Gasteiger partial charge is 0.389 e. The fraction of sp³-hybridized carbons (Fsp3) is 0.625. The minimum Gasteiger partial charge on any atom is -0.389 e. The topological polar surface area (TPSA) is 159 Å².